The van der Waals surface area contributed by atoms with Crippen LogP contribution in [0.4, 0.5) is 0 Å². The zero-order valence-electron chi connectivity index (χ0n) is 10.1. The van der Waals surface area contributed by atoms with Gasteiger partial charge in [-0.1, -0.05) is 56.3 Å². The third-order valence-corrected chi connectivity index (χ3v) is 4.68. The van der Waals surface area contributed by atoms with Gasteiger partial charge in [0.2, 0.25) is 0 Å². The third kappa shape index (κ3) is 1.18. The highest BCUT2D eigenvalue weighted by Crippen LogP contribution is 2.73. The Morgan fingerprint density at radius 1 is 1.35 bits per heavy atom. The predicted molar refractivity (Wildman–Crippen MR) is 66.1 cm³/mol. The lowest BCUT2D eigenvalue weighted by atomic mass is 9.96. The molecule has 2 nitrogen and oxygen atoms in total. The first-order chi connectivity index (χ1) is 8.11. The maximum Gasteiger partial charge on any atom is 0.316 e. The summed E-state index contributed by atoms with van der Waals surface area (Å²) in [4.78, 5) is 11.9. The van der Waals surface area contributed by atoms with Crippen LogP contribution in [-0.2, 0) is 9.53 Å². The summed E-state index contributed by atoms with van der Waals surface area (Å²) in [5, 5.41) is 0. The van der Waals surface area contributed by atoms with Gasteiger partial charge in [-0.15, -0.1) is 0 Å². The van der Waals surface area contributed by atoms with Gasteiger partial charge in [-0.3, -0.25) is 4.79 Å². The van der Waals surface area contributed by atoms with Gasteiger partial charge in [-0.2, -0.15) is 0 Å². The second kappa shape index (κ2) is 3.22. The molecule has 0 bridgehead atoms. The number of esters is 1. The molecule has 2 heteroatoms. The Labute approximate surface area is 101 Å². The first-order valence-electron chi connectivity index (χ1n) is 6.03. The van der Waals surface area contributed by atoms with Crippen LogP contribution in [0.1, 0.15) is 19.4 Å². The van der Waals surface area contributed by atoms with Crippen LogP contribution in [0, 0.1) is 16.7 Å². The first kappa shape index (κ1) is 10.6. The standard InChI is InChI=1S/C15H16O2/c1-11-14(2)10-17-13(16)15(11,14)9-8-12-6-4-3-5-7-12/h3-9,11H,10H2,1-2H3/b9-8+/t11-,14+,15+/m0/s1. The van der Waals surface area contributed by atoms with E-state index in [9.17, 15) is 4.79 Å². The SMILES string of the molecule is C[C@@H]1[C@]2(/C=C/c3ccccc3)C(=O)OC[C@]12C. The van der Waals surface area contributed by atoms with Crippen molar-refractivity contribution < 1.29 is 9.53 Å². The van der Waals surface area contributed by atoms with E-state index in [-0.39, 0.29) is 16.8 Å². The van der Waals surface area contributed by atoms with Crippen molar-refractivity contribution in [1.82, 2.24) is 0 Å². The molecular weight excluding hydrogens is 212 g/mol. The topological polar surface area (TPSA) is 26.3 Å². The van der Waals surface area contributed by atoms with Crippen LogP contribution < -0.4 is 0 Å². The Kier molecular flexibility index (Phi) is 2.00. The van der Waals surface area contributed by atoms with Crippen molar-refractivity contribution in [2.75, 3.05) is 6.61 Å². The summed E-state index contributed by atoms with van der Waals surface area (Å²) in [6.45, 7) is 4.83. The molecule has 0 spiro atoms. The van der Waals surface area contributed by atoms with E-state index in [2.05, 4.69) is 13.8 Å². The van der Waals surface area contributed by atoms with E-state index in [1.165, 1.54) is 0 Å². The summed E-state index contributed by atoms with van der Waals surface area (Å²) in [6.07, 6.45) is 4.08. The van der Waals surface area contributed by atoms with Gasteiger partial charge < -0.3 is 4.74 Å². The van der Waals surface area contributed by atoms with Crippen LogP contribution >= 0.6 is 0 Å². The third-order valence-electron chi connectivity index (χ3n) is 4.68. The predicted octanol–water partition coefficient (Wildman–Crippen LogP) is 2.90. The number of carbonyl (C=O) groups is 1. The van der Waals surface area contributed by atoms with Crippen LogP contribution in [0.5, 0.6) is 0 Å². The number of fused-ring (bicyclic) bond motifs is 1. The number of carbonyl (C=O) groups excluding carboxylic acids is 1. The lowest BCUT2D eigenvalue weighted by Crippen LogP contribution is -2.14. The molecule has 0 aromatic heterocycles. The minimum absolute atomic E-state index is 0.00929. The molecule has 1 aliphatic heterocycles. The molecule has 0 N–H and O–H groups in total. The molecule has 1 heterocycles. The van der Waals surface area contributed by atoms with Crippen molar-refractivity contribution in [3.8, 4) is 0 Å². The van der Waals surface area contributed by atoms with E-state index in [4.69, 9.17) is 4.74 Å². The van der Waals surface area contributed by atoms with E-state index in [1.54, 1.807) is 0 Å². The smallest absolute Gasteiger partial charge is 0.316 e. The van der Waals surface area contributed by atoms with Gasteiger partial charge in [0.15, 0.2) is 0 Å². The molecule has 1 saturated heterocycles. The second-order valence-electron chi connectivity index (χ2n) is 5.33. The molecule has 3 rings (SSSR count). The number of hydrogen-bond acceptors (Lipinski definition) is 2. The van der Waals surface area contributed by atoms with Gasteiger partial charge in [0.05, 0.1) is 12.0 Å². The molecule has 17 heavy (non-hydrogen) atoms. The van der Waals surface area contributed by atoms with Crippen molar-refractivity contribution in [3.63, 3.8) is 0 Å². The van der Waals surface area contributed by atoms with E-state index >= 15 is 0 Å². The van der Waals surface area contributed by atoms with Gasteiger partial charge in [0.25, 0.3) is 0 Å². The van der Waals surface area contributed by atoms with Gasteiger partial charge in [-0.05, 0) is 11.5 Å². The molecule has 3 atom stereocenters. The average molecular weight is 228 g/mol. The fourth-order valence-corrected chi connectivity index (χ4v) is 3.14. The molecule has 1 aromatic rings. The molecule has 2 fully saturated rings. The van der Waals surface area contributed by atoms with Crippen LogP contribution in [-0.4, -0.2) is 12.6 Å². The van der Waals surface area contributed by atoms with E-state index in [0.717, 1.165) is 5.56 Å². The number of hydrogen-bond donors (Lipinski definition) is 0. The maximum atomic E-state index is 11.9. The Morgan fingerprint density at radius 3 is 2.65 bits per heavy atom. The van der Waals surface area contributed by atoms with E-state index < -0.39 is 0 Å². The second-order valence-corrected chi connectivity index (χ2v) is 5.33. The average Bonchev–Trinajstić information content (AvgIpc) is 2.68. The molecule has 1 aromatic carbocycles. The number of benzene rings is 1. The Hall–Kier alpha value is -1.57. The minimum Gasteiger partial charge on any atom is -0.464 e. The summed E-state index contributed by atoms with van der Waals surface area (Å²) >= 11 is 0. The molecule has 1 saturated carbocycles. The Balaban J connectivity index is 1.91. The molecule has 0 radical (unpaired) electrons. The zero-order valence-corrected chi connectivity index (χ0v) is 10.1. The van der Waals surface area contributed by atoms with Crippen molar-refractivity contribution in [3.05, 3.63) is 42.0 Å². The van der Waals surface area contributed by atoms with Crippen molar-refractivity contribution >= 4 is 12.0 Å². The largest absolute Gasteiger partial charge is 0.464 e. The lowest BCUT2D eigenvalue weighted by molar-refractivity contribution is -0.144. The summed E-state index contributed by atoms with van der Waals surface area (Å²) in [7, 11) is 0. The van der Waals surface area contributed by atoms with Crippen molar-refractivity contribution in [1.29, 1.82) is 0 Å². The van der Waals surface area contributed by atoms with Gasteiger partial charge in [0.1, 0.15) is 0 Å². The lowest BCUT2D eigenvalue weighted by Gasteiger charge is -2.05. The summed E-state index contributed by atoms with van der Waals surface area (Å²) in [6, 6.07) is 10.1. The number of cyclic esters (lactones) is 1. The Bertz CT molecular complexity index is 491. The van der Waals surface area contributed by atoms with E-state index in [0.29, 0.717) is 12.5 Å². The highest BCUT2D eigenvalue weighted by atomic mass is 16.5. The van der Waals surface area contributed by atoms with E-state index in [1.807, 2.05) is 42.5 Å². The van der Waals surface area contributed by atoms with Gasteiger partial charge >= 0.3 is 5.97 Å². The normalized spacial score (nSPS) is 39.2. The van der Waals surface area contributed by atoms with Crippen molar-refractivity contribution in [2.45, 2.75) is 13.8 Å². The first-order valence-corrected chi connectivity index (χ1v) is 6.03. The molecular formula is C15H16O2. The van der Waals surface area contributed by atoms with Crippen LogP contribution in [0.25, 0.3) is 6.08 Å². The number of rotatable bonds is 2. The van der Waals surface area contributed by atoms with Crippen LogP contribution in [0.3, 0.4) is 0 Å². The highest BCUT2D eigenvalue weighted by molar-refractivity contribution is 5.89. The molecule has 88 valence electrons. The molecule has 0 unspecified atom stereocenters. The fourth-order valence-electron chi connectivity index (χ4n) is 3.14. The summed E-state index contributed by atoms with van der Waals surface area (Å²) < 4.78 is 5.19. The highest BCUT2D eigenvalue weighted by Gasteiger charge is 2.79. The van der Waals surface area contributed by atoms with Crippen LogP contribution in [0.2, 0.25) is 0 Å². The fraction of sp³-hybridized carbons (Fsp3) is 0.400. The quantitative estimate of drug-likeness (QED) is 0.727. The number of ether oxygens (including phenoxy) is 1. The molecule has 0 amide bonds. The van der Waals surface area contributed by atoms with Crippen LogP contribution in [0.15, 0.2) is 36.4 Å². The van der Waals surface area contributed by atoms with Crippen molar-refractivity contribution in [2.24, 2.45) is 16.7 Å². The minimum atomic E-state index is -0.372. The summed E-state index contributed by atoms with van der Waals surface area (Å²) in [5.41, 5.74) is 0.765. The maximum absolute atomic E-state index is 11.9. The monoisotopic (exact) mass is 228 g/mol. The Morgan fingerprint density at radius 2 is 2.06 bits per heavy atom. The molecule has 1 aliphatic carbocycles. The summed E-state index contributed by atoms with van der Waals surface area (Å²) in [5.74, 6) is 0.330. The zero-order chi connectivity index (χ0) is 12.1. The van der Waals surface area contributed by atoms with Gasteiger partial charge in [-0.25, -0.2) is 0 Å². The molecule has 2 aliphatic rings. The van der Waals surface area contributed by atoms with Gasteiger partial charge in [0, 0.05) is 5.41 Å².